The van der Waals surface area contributed by atoms with Crippen molar-refractivity contribution in [3.8, 4) is 11.3 Å². The zero-order valence-electron chi connectivity index (χ0n) is 13.7. The number of hydrogen-bond acceptors (Lipinski definition) is 5. The second-order valence-corrected chi connectivity index (χ2v) is 6.05. The van der Waals surface area contributed by atoms with Gasteiger partial charge in [0.15, 0.2) is 0 Å². The molecule has 0 saturated carbocycles. The van der Waals surface area contributed by atoms with Gasteiger partial charge in [-0.25, -0.2) is 9.97 Å². The van der Waals surface area contributed by atoms with Gasteiger partial charge in [-0.2, -0.15) is 0 Å². The molecule has 0 aliphatic rings. The van der Waals surface area contributed by atoms with Crippen molar-refractivity contribution in [1.29, 1.82) is 0 Å². The van der Waals surface area contributed by atoms with Crippen LogP contribution in [0, 0.1) is 0 Å². The van der Waals surface area contributed by atoms with Crippen LogP contribution in [0.2, 0.25) is 5.02 Å². The number of anilines is 2. The minimum Gasteiger partial charge on any atom is -0.396 e. The molecule has 2 aromatic heterocycles. The number of aliphatic hydroxyl groups is 1. The number of aliphatic hydroxyl groups excluding tert-OH is 1. The lowest BCUT2D eigenvalue weighted by Gasteiger charge is -2.08. The summed E-state index contributed by atoms with van der Waals surface area (Å²) in [4.78, 5) is 13.2. The summed E-state index contributed by atoms with van der Waals surface area (Å²) in [6.45, 7) is 0.212. The zero-order chi connectivity index (χ0) is 17.5. The smallest absolute Gasteiger partial charge is 0.227 e. The molecule has 5 nitrogen and oxygen atoms in total. The molecule has 3 rings (SSSR count). The van der Waals surface area contributed by atoms with E-state index < -0.39 is 0 Å². The fourth-order valence-electron chi connectivity index (χ4n) is 2.47. The van der Waals surface area contributed by atoms with Crippen LogP contribution in [-0.4, -0.2) is 26.7 Å². The van der Waals surface area contributed by atoms with Crippen molar-refractivity contribution in [3.05, 3.63) is 65.6 Å². The number of benzene rings is 1. The summed E-state index contributed by atoms with van der Waals surface area (Å²) >= 11 is 6.00. The van der Waals surface area contributed by atoms with Gasteiger partial charge in [0.25, 0.3) is 0 Å². The molecule has 0 aliphatic carbocycles. The molecule has 25 heavy (non-hydrogen) atoms. The van der Waals surface area contributed by atoms with E-state index in [0.29, 0.717) is 11.0 Å². The molecule has 0 saturated heterocycles. The Morgan fingerprint density at radius 3 is 2.72 bits per heavy atom. The van der Waals surface area contributed by atoms with Crippen LogP contribution in [-0.2, 0) is 6.42 Å². The quantitative estimate of drug-likeness (QED) is 0.620. The van der Waals surface area contributed by atoms with Crippen LogP contribution < -0.4 is 5.32 Å². The van der Waals surface area contributed by atoms with Gasteiger partial charge in [-0.15, -0.1) is 0 Å². The first-order valence-electron chi connectivity index (χ1n) is 8.16. The Labute approximate surface area is 151 Å². The van der Waals surface area contributed by atoms with Crippen molar-refractivity contribution in [2.45, 2.75) is 19.3 Å². The van der Waals surface area contributed by atoms with E-state index in [1.54, 1.807) is 12.4 Å². The molecule has 0 fully saturated rings. The predicted octanol–water partition coefficient (Wildman–Crippen LogP) is 4.25. The molecule has 128 valence electrons. The van der Waals surface area contributed by atoms with Gasteiger partial charge in [-0.1, -0.05) is 17.7 Å². The Balaban J connectivity index is 1.78. The molecule has 6 heteroatoms. The number of nitrogens with zero attached hydrogens (tertiary/aromatic N) is 3. The van der Waals surface area contributed by atoms with Crippen LogP contribution in [0.15, 0.2) is 54.9 Å². The van der Waals surface area contributed by atoms with Crippen LogP contribution in [0.1, 0.15) is 18.5 Å². The number of unbranched alkanes of at least 4 members (excludes halogenated alkanes) is 1. The van der Waals surface area contributed by atoms with Gasteiger partial charge in [-0.05, 0) is 55.7 Å². The van der Waals surface area contributed by atoms with Crippen LogP contribution in [0.25, 0.3) is 11.3 Å². The van der Waals surface area contributed by atoms with Crippen LogP contribution in [0.5, 0.6) is 0 Å². The Hall–Kier alpha value is -2.50. The summed E-state index contributed by atoms with van der Waals surface area (Å²) in [7, 11) is 0. The first kappa shape index (κ1) is 17.3. The SMILES string of the molecule is OCCCCc1cc(-c2ccnc(Nc3cccc(Cl)c3)n2)ccn1. The van der Waals surface area contributed by atoms with E-state index in [2.05, 4.69) is 20.3 Å². The molecule has 0 atom stereocenters. The fraction of sp³-hybridized carbons (Fsp3) is 0.211. The molecule has 3 aromatic rings. The number of nitrogens with one attached hydrogen (secondary N) is 1. The van der Waals surface area contributed by atoms with Gasteiger partial charge in [0, 0.05) is 41.0 Å². The van der Waals surface area contributed by atoms with E-state index in [4.69, 9.17) is 16.7 Å². The van der Waals surface area contributed by atoms with Crippen molar-refractivity contribution < 1.29 is 5.11 Å². The monoisotopic (exact) mass is 354 g/mol. The summed E-state index contributed by atoms with van der Waals surface area (Å²) in [6.07, 6.45) is 6.05. The Kier molecular flexibility index (Phi) is 5.93. The summed E-state index contributed by atoms with van der Waals surface area (Å²) < 4.78 is 0. The summed E-state index contributed by atoms with van der Waals surface area (Å²) in [5.41, 5.74) is 3.65. The molecule has 0 amide bonds. The van der Waals surface area contributed by atoms with Crippen molar-refractivity contribution >= 4 is 23.2 Å². The first-order chi connectivity index (χ1) is 12.2. The number of halogens is 1. The third-order valence-corrected chi connectivity index (χ3v) is 3.92. The lowest BCUT2D eigenvalue weighted by molar-refractivity contribution is 0.284. The van der Waals surface area contributed by atoms with Gasteiger partial charge in [-0.3, -0.25) is 4.98 Å². The molecule has 1 aromatic carbocycles. The minimum absolute atomic E-state index is 0.212. The Bertz CT molecular complexity index is 841. The maximum Gasteiger partial charge on any atom is 0.227 e. The standard InChI is InChI=1S/C19H19ClN4O/c20-15-4-3-6-17(13-15)23-19-22-10-8-18(24-19)14-7-9-21-16(12-14)5-1-2-11-25/h3-4,6-10,12-13,25H,1-2,5,11H2,(H,22,23,24). The number of rotatable bonds is 7. The molecule has 2 N–H and O–H groups in total. The maximum atomic E-state index is 8.89. The number of pyridine rings is 1. The van der Waals surface area contributed by atoms with E-state index in [1.165, 1.54) is 0 Å². The Morgan fingerprint density at radius 1 is 1.00 bits per heavy atom. The summed E-state index contributed by atoms with van der Waals surface area (Å²) in [6, 6.07) is 13.3. The topological polar surface area (TPSA) is 70.9 Å². The molecular weight excluding hydrogens is 336 g/mol. The van der Waals surface area contributed by atoms with Crippen molar-refractivity contribution in [2.24, 2.45) is 0 Å². The van der Waals surface area contributed by atoms with E-state index >= 15 is 0 Å². The molecule has 2 heterocycles. The van der Waals surface area contributed by atoms with Gasteiger partial charge < -0.3 is 10.4 Å². The van der Waals surface area contributed by atoms with Gasteiger partial charge in [0.2, 0.25) is 5.95 Å². The highest BCUT2D eigenvalue weighted by Crippen LogP contribution is 2.21. The highest BCUT2D eigenvalue weighted by molar-refractivity contribution is 6.30. The highest BCUT2D eigenvalue weighted by Gasteiger charge is 2.05. The summed E-state index contributed by atoms with van der Waals surface area (Å²) in [5.74, 6) is 0.512. The minimum atomic E-state index is 0.212. The Morgan fingerprint density at radius 2 is 1.88 bits per heavy atom. The third-order valence-electron chi connectivity index (χ3n) is 3.69. The normalized spacial score (nSPS) is 10.6. The second-order valence-electron chi connectivity index (χ2n) is 5.62. The average Bonchev–Trinajstić information content (AvgIpc) is 2.63. The van der Waals surface area contributed by atoms with Crippen LogP contribution >= 0.6 is 11.6 Å². The maximum absolute atomic E-state index is 8.89. The van der Waals surface area contributed by atoms with Crippen molar-refractivity contribution in [3.63, 3.8) is 0 Å². The second kappa shape index (κ2) is 8.55. The lowest BCUT2D eigenvalue weighted by atomic mass is 10.1. The van der Waals surface area contributed by atoms with Gasteiger partial charge in [0.1, 0.15) is 0 Å². The van der Waals surface area contributed by atoms with E-state index in [9.17, 15) is 0 Å². The average molecular weight is 355 g/mol. The van der Waals surface area contributed by atoms with Crippen molar-refractivity contribution in [1.82, 2.24) is 15.0 Å². The zero-order valence-corrected chi connectivity index (χ0v) is 14.4. The fourth-order valence-corrected chi connectivity index (χ4v) is 2.66. The van der Waals surface area contributed by atoms with Crippen LogP contribution in [0.3, 0.4) is 0 Å². The molecule has 0 radical (unpaired) electrons. The number of aromatic nitrogens is 3. The molecular formula is C19H19ClN4O. The lowest BCUT2D eigenvalue weighted by Crippen LogP contribution is -1.98. The molecule has 0 spiro atoms. The largest absolute Gasteiger partial charge is 0.396 e. The van der Waals surface area contributed by atoms with E-state index in [-0.39, 0.29) is 6.61 Å². The van der Waals surface area contributed by atoms with Gasteiger partial charge >= 0.3 is 0 Å². The van der Waals surface area contributed by atoms with Gasteiger partial charge in [0.05, 0.1) is 5.69 Å². The first-order valence-corrected chi connectivity index (χ1v) is 8.54. The molecule has 0 unspecified atom stereocenters. The summed E-state index contributed by atoms with van der Waals surface area (Å²) in [5, 5.41) is 12.7. The number of aryl methyl sites for hydroxylation is 1. The molecule has 0 aliphatic heterocycles. The highest BCUT2D eigenvalue weighted by atomic mass is 35.5. The third kappa shape index (κ3) is 4.98. The molecule has 0 bridgehead atoms. The van der Waals surface area contributed by atoms with Crippen LogP contribution in [0.4, 0.5) is 11.6 Å². The number of hydrogen-bond donors (Lipinski definition) is 2. The van der Waals surface area contributed by atoms with E-state index in [1.807, 2.05) is 42.5 Å². The van der Waals surface area contributed by atoms with E-state index in [0.717, 1.165) is 41.9 Å². The predicted molar refractivity (Wildman–Crippen MR) is 100 cm³/mol. The van der Waals surface area contributed by atoms with Crippen molar-refractivity contribution in [2.75, 3.05) is 11.9 Å².